The Labute approximate surface area is 220 Å². The Hall–Kier alpha value is -3.62. The van der Waals surface area contributed by atoms with Crippen LogP contribution in [0.25, 0.3) is 6.08 Å². The van der Waals surface area contributed by atoms with Crippen molar-refractivity contribution < 1.29 is 19.1 Å². The summed E-state index contributed by atoms with van der Waals surface area (Å²) in [5.41, 5.74) is 4.26. The number of aryl methyl sites for hydroxylation is 2. The summed E-state index contributed by atoms with van der Waals surface area (Å²) in [5, 5.41) is 2.92. The minimum Gasteiger partial charge on any atom is -0.490 e. The van der Waals surface area contributed by atoms with Crippen LogP contribution in [0.5, 0.6) is 11.5 Å². The summed E-state index contributed by atoms with van der Waals surface area (Å²) >= 11 is 6.70. The summed E-state index contributed by atoms with van der Waals surface area (Å²) in [6.45, 7) is 6.02. The fourth-order valence-corrected chi connectivity index (χ4v) is 5.05. The molecule has 0 atom stereocenters. The van der Waals surface area contributed by atoms with Gasteiger partial charge in [-0.1, -0.05) is 66.4 Å². The average Bonchev–Trinajstić information content (AvgIpc) is 3.14. The molecule has 0 saturated carbocycles. The number of benzene rings is 3. The topological polar surface area (TPSA) is 67.9 Å². The molecule has 0 aliphatic carbocycles. The Kier molecular flexibility index (Phi) is 8.07. The Morgan fingerprint density at radius 1 is 1.00 bits per heavy atom. The van der Waals surface area contributed by atoms with Crippen molar-refractivity contribution >= 4 is 57.6 Å². The summed E-state index contributed by atoms with van der Waals surface area (Å²) < 4.78 is 12.0. The molecule has 3 aromatic carbocycles. The van der Waals surface area contributed by atoms with E-state index in [2.05, 4.69) is 5.32 Å². The first-order valence-electron chi connectivity index (χ1n) is 11.5. The van der Waals surface area contributed by atoms with Gasteiger partial charge in [0, 0.05) is 5.69 Å². The second kappa shape index (κ2) is 11.4. The van der Waals surface area contributed by atoms with Crippen LogP contribution in [0.4, 0.5) is 11.4 Å². The van der Waals surface area contributed by atoms with Gasteiger partial charge in [-0.2, -0.15) is 0 Å². The normalized spacial score (nSPS) is 14.3. The van der Waals surface area contributed by atoms with Crippen LogP contribution in [0.15, 0.2) is 71.6 Å². The Balaban J connectivity index is 1.48. The van der Waals surface area contributed by atoms with Crippen LogP contribution in [-0.4, -0.2) is 29.3 Å². The van der Waals surface area contributed by atoms with Gasteiger partial charge in [0.25, 0.3) is 11.8 Å². The monoisotopic (exact) mass is 518 g/mol. The van der Waals surface area contributed by atoms with E-state index in [-0.39, 0.29) is 18.4 Å². The van der Waals surface area contributed by atoms with Gasteiger partial charge in [-0.05, 0) is 67.8 Å². The highest BCUT2D eigenvalue weighted by Gasteiger charge is 2.33. The van der Waals surface area contributed by atoms with E-state index >= 15 is 0 Å². The summed E-state index contributed by atoms with van der Waals surface area (Å²) in [5.74, 6) is 0.508. The summed E-state index contributed by atoms with van der Waals surface area (Å²) in [7, 11) is 0. The second-order valence-electron chi connectivity index (χ2n) is 8.10. The number of para-hydroxylation sites is 2. The van der Waals surface area contributed by atoms with Gasteiger partial charge in [-0.3, -0.25) is 14.5 Å². The number of rotatable bonds is 8. The number of nitrogens with one attached hydrogen (secondary N) is 1. The maximum atomic E-state index is 13.0. The molecule has 1 aliphatic heterocycles. The average molecular weight is 519 g/mol. The van der Waals surface area contributed by atoms with E-state index in [0.29, 0.717) is 27.3 Å². The summed E-state index contributed by atoms with van der Waals surface area (Å²) in [6, 6.07) is 20.5. The van der Waals surface area contributed by atoms with Crippen molar-refractivity contribution in [3.05, 3.63) is 88.3 Å². The van der Waals surface area contributed by atoms with Gasteiger partial charge < -0.3 is 14.8 Å². The standard InChI is InChI=1S/C28H26N2O4S2/c1-4-33-23-15-20(16-24-27(32)30(28(35)36-24)21-11-6-5-7-12-21)13-14-22(23)34-17-25(31)29-26-18(2)9-8-10-19(26)3/h5-16H,4,17H2,1-3H3,(H,29,31)/b24-16+. The lowest BCUT2D eigenvalue weighted by molar-refractivity contribution is -0.118. The lowest BCUT2D eigenvalue weighted by Gasteiger charge is -2.14. The molecular formula is C28H26N2O4S2. The van der Waals surface area contributed by atoms with E-state index in [4.69, 9.17) is 21.7 Å². The number of amides is 2. The molecule has 0 spiro atoms. The molecular weight excluding hydrogens is 492 g/mol. The third-order valence-corrected chi connectivity index (χ3v) is 6.78. The Bertz CT molecular complexity index is 1320. The maximum absolute atomic E-state index is 13.0. The molecule has 1 fully saturated rings. The van der Waals surface area contributed by atoms with Gasteiger partial charge >= 0.3 is 0 Å². The van der Waals surface area contributed by atoms with E-state index in [9.17, 15) is 9.59 Å². The maximum Gasteiger partial charge on any atom is 0.270 e. The van der Waals surface area contributed by atoms with Crippen LogP contribution in [-0.2, 0) is 9.59 Å². The predicted octanol–water partition coefficient (Wildman–Crippen LogP) is 6.13. The molecule has 2 amide bonds. The van der Waals surface area contributed by atoms with Gasteiger partial charge in [0.1, 0.15) is 0 Å². The summed E-state index contributed by atoms with van der Waals surface area (Å²) in [4.78, 5) is 27.6. The highest BCUT2D eigenvalue weighted by atomic mass is 32.2. The number of carbonyl (C=O) groups is 2. The molecule has 0 bridgehead atoms. The minimum absolute atomic E-state index is 0.164. The predicted molar refractivity (Wildman–Crippen MR) is 150 cm³/mol. The fourth-order valence-electron chi connectivity index (χ4n) is 3.75. The molecule has 4 rings (SSSR count). The van der Waals surface area contributed by atoms with E-state index in [1.807, 2.05) is 75.4 Å². The number of nitrogens with zero attached hydrogens (tertiary/aromatic N) is 1. The van der Waals surface area contributed by atoms with Gasteiger partial charge in [-0.15, -0.1) is 0 Å². The van der Waals surface area contributed by atoms with Crippen molar-refractivity contribution in [2.45, 2.75) is 20.8 Å². The zero-order valence-corrected chi connectivity index (χ0v) is 21.9. The number of carbonyl (C=O) groups excluding carboxylic acids is 2. The van der Waals surface area contributed by atoms with Gasteiger partial charge in [-0.25, -0.2) is 0 Å². The highest BCUT2D eigenvalue weighted by Crippen LogP contribution is 2.37. The molecule has 3 aromatic rings. The molecule has 1 aliphatic rings. The van der Waals surface area contributed by atoms with Crippen LogP contribution < -0.4 is 19.7 Å². The first kappa shape index (κ1) is 25.5. The molecule has 0 unspecified atom stereocenters. The second-order valence-corrected chi connectivity index (χ2v) is 9.77. The molecule has 36 heavy (non-hydrogen) atoms. The van der Waals surface area contributed by atoms with Crippen molar-refractivity contribution in [2.75, 3.05) is 23.4 Å². The molecule has 8 heteroatoms. The number of hydrogen-bond donors (Lipinski definition) is 1. The number of ether oxygens (including phenoxy) is 2. The fraction of sp³-hybridized carbons (Fsp3) is 0.179. The zero-order chi connectivity index (χ0) is 25.7. The molecule has 1 saturated heterocycles. The lowest BCUT2D eigenvalue weighted by atomic mass is 10.1. The van der Waals surface area contributed by atoms with Crippen molar-refractivity contribution in [3.63, 3.8) is 0 Å². The third kappa shape index (κ3) is 5.78. The molecule has 6 nitrogen and oxygen atoms in total. The summed E-state index contributed by atoms with van der Waals surface area (Å²) in [6.07, 6.45) is 1.78. The third-order valence-electron chi connectivity index (χ3n) is 5.48. The van der Waals surface area contributed by atoms with Crippen molar-refractivity contribution in [1.82, 2.24) is 0 Å². The van der Waals surface area contributed by atoms with Crippen LogP contribution in [0, 0.1) is 13.8 Å². The van der Waals surface area contributed by atoms with Crippen LogP contribution in [0.3, 0.4) is 0 Å². The SMILES string of the molecule is CCOc1cc(/C=C2/SC(=S)N(c3ccccc3)C2=O)ccc1OCC(=O)Nc1c(C)cccc1C. The Morgan fingerprint density at radius 3 is 2.42 bits per heavy atom. The molecule has 0 radical (unpaired) electrons. The van der Waals surface area contributed by atoms with Crippen molar-refractivity contribution in [2.24, 2.45) is 0 Å². The van der Waals surface area contributed by atoms with Gasteiger partial charge in [0.15, 0.2) is 22.4 Å². The van der Waals surface area contributed by atoms with Crippen LogP contribution >= 0.6 is 24.0 Å². The van der Waals surface area contributed by atoms with E-state index in [1.165, 1.54) is 16.7 Å². The van der Waals surface area contributed by atoms with Gasteiger partial charge in [0.2, 0.25) is 0 Å². The molecule has 0 aromatic heterocycles. The van der Waals surface area contributed by atoms with Crippen molar-refractivity contribution in [3.8, 4) is 11.5 Å². The first-order chi connectivity index (χ1) is 17.4. The number of anilines is 2. The molecule has 1 heterocycles. The Morgan fingerprint density at radius 2 is 1.72 bits per heavy atom. The van der Waals surface area contributed by atoms with Crippen LogP contribution in [0.1, 0.15) is 23.6 Å². The first-order valence-corrected chi connectivity index (χ1v) is 12.7. The molecule has 1 N–H and O–H groups in total. The van der Waals surface area contributed by atoms with E-state index in [1.54, 1.807) is 18.2 Å². The van der Waals surface area contributed by atoms with Crippen molar-refractivity contribution in [1.29, 1.82) is 0 Å². The molecule has 184 valence electrons. The highest BCUT2D eigenvalue weighted by molar-refractivity contribution is 8.27. The zero-order valence-electron chi connectivity index (χ0n) is 20.2. The largest absolute Gasteiger partial charge is 0.490 e. The lowest BCUT2D eigenvalue weighted by Crippen LogP contribution is -2.27. The number of thiocarbonyl (C=S) groups is 1. The van der Waals surface area contributed by atoms with Gasteiger partial charge in [0.05, 0.1) is 17.2 Å². The van der Waals surface area contributed by atoms with E-state index in [0.717, 1.165) is 28.1 Å². The smallest absolute Gasteiger partial charge is 0.270 e. The number of hydrogen-bond acceptors (Lipinski definition) is 6. The number of thioether (sulfide) groups is 1. The minimum atomic E-state index is -0.261. The van der Waals surface area contributed by atoms with Crippen LogP contribution in [0.2, 0.25) is 0 Å². The quantitative estimate of drug-likeness (QED) is 0.286. The van der Waals surface area contributed by atoms with E-state index < -0.39 is 0 Å².